The van der Waals surface area contributed by atoms with E-state index in [1.807, 2.05) is 52.1 Å². The van der Waals surface area contributed by atoms with Gasteiger partial charge in [0.25, 0.3) is 5.91 Å². The van der Waals surface area contributed by atoms with Crippen molar-refractivity contribution in [3.63, 3.8) is 0 Å². The van der Waals surface area contributed by atoms with Crippen LogP contribution in [0.4, 0.5) is 0 Å². The molecule has 2 aromatic heterocycles. The van der Waals surface area contributed by atoms with Crippen LogP contribution in [-0.2, 0) is 7.05 Å². The van der Waals surface area contributed by atoms with Crippen molar-refractivity contribution < 1.29 is 4.79 Å². The molecule has 0 aliphatic heterocycles. The number of carbonyl (C=O) groups is 1. The highest BCUT2D eigenvalue weighted by Gasteiger charge is 2.17. The third-order valence-corrected chi connectivity index (χ3v) is 4.26. The summed E-state index contributed by atoms with van der Waals surface area (Å²) in [5, 5.41) is 14.2. The molecule has 1 aromatic carbocycles. The second-order valence-corrected chi connectivity index (χ2v) is 6.04. The highest BCUT2D eigenvalue weighted by molar-refractivity contribution is 5.93. The maximum absolute atomic E-state index is 12.4. The maximum atomic E-state index is 12.4. The van der Waals surface area contributed by atoms with Crippen molar-refractivity contribution in [2.75, 3.05) is 0 Å². The predicted molar refractivity (Wildman–Crippen MR) is 92.6 cm³/mol. The number of amides is 1. The Bertz CT molecular complexity index is 860. The molecule has 1 unspecified atom stereocenters. The van der Waals surface area contributed by atoms with E-state index >= 15 is 0 Å². The Morgan fingerprint density at radius 3 is 2.58 bits per heavy atom. The summed E-state index contributed by atoms with van der Waals surface area (Å²) in [5.41, 5.74) is 5.40. The molecule has 0 fully saturated rings. The monoisotopic (exact) mass is 323 g/mol. The Morgan fingerprint density at radius 2 is 1.96 bits per heavy atom. The number of benzene rings is 1. The Balaban J connectivity index is 1.74. The molecule has 1 atom stereocenters. The van der Waals surface area contributed by atoms with Crippen LogP contribution in [0.25, 0.3) is 11.3 Å². The lowest BCUT2D eigenvalue weighted by molar-refractivity contribution is 0.0934. The van der Waals surface area contributed by atoms with E-state index in [1.54, 1.807) is 16.9 Å². The van der Waals surface area contributed by atoms with Gasteiger partial charge in [-0.3, -0.25) is 14.6 Å². The molecule has 2 heterocycles. The molecule has 124 valence electrons. The summed E-state index contributed by atoms with van der Waals surface area (Å²) in [6.45, 7) is 5.96. The van der Waals surface area contributed by atoms with E-state index in [-0.39, 0.29) is 11.9 Å². The number of H-pyrrole nitrogens is 1. The van der Waals surface area contributed by atoms with Crippen LogP contribution in [-0.4, -0.2) is 25.9 Å². The molecule has 0 saturated heterocycles. The van der Waals surface area contributed by atoms with Gasteiger partial charge in [0, 0.05) is 23.9 Å². The lowest BCUT2D eigenvalue weighted by Gasteiger charge is -2.12. The van der Waals surface area contributed by atoms with E-state index in [0.717, 1.165) is 22.5 Å². The van der Waals surface area contributed by atoms with E-state index in [9.17, 15) is 4.79 Å². The highest BCUT2D eigenvalue weighted by Crippen LogP contribution is 2.20. The molecule has 3 aromatic rings. The minimum atomic E-state index is -0.184. The van der Waals surface area contributed by atoms with Gasteiger partial charge in [-0.05, 0) is 26.8 Å². The van der Waals surface area contributed by atoms with Gasteiger partial charge in [0.15, 0.2) is 0 Å². The first-order valence-corrected chi connectivity index (χ1v) is 7.87. The molecule has 6 nitrogen and oxygen atoms in total. The van der Waals surface area contributed by atoms with E-state index in [4.69, 9.17) is 0 Å². The average Bonchev–Trinajstić information content (AvgIpc) is 3.16. The number of aromatic amines is 1. The topological polar surface area (TPSA) is 75.6 Å². The standard InChI is InChI=1S/C18H21N5O/c1-11-5-7-14(8-6-11)16-9-17(22-21-16)18(24)20-12(2)15-10-19-23(4)13(15)3/h5-10,12H,1-4H3,(H,20,24)(H,21,22). The van der Waals surface area contributed by atoms with E-state index in [2.05, 4.69) is 20.6 Å². The summed E-state index contributed by atoms with van der Waals surface area (Å²) in [6.07, 6.45) is 1.78. The molecule has 0 aliphatic carbocycles. The largest absolute Gasteiger partial charge is 0.344 e. The maximum Gasteiger partial charge on any atom is 0.269 e. The molecule has 6 heteroatoms. The van der Waals surface area contributed by atoms with Crippen LogP contribution >= 0.6 is 0 Å². The lowest BCUT2D eigenvalue weighted by atomic mass is 10.1. The number of nitrogens with zero attached hydrogens (tertiary/aromatic N) is 3. The molecular weight excluding hydrogens is 302 g/mol. The third kappa shape index (κ3) is 3.08. The number of hydrogen-bond donors (Lipinski definition) is 2. The minimum Gasteiger partial charge on any atom is -0.344 e. The summed E-state index contributed by atoms with van der Waals surface area (Å²) in [5.74, 6) is -0.184. The lowest BCUT2D eigenvalue weighted by Crippen LogP contribution is -2.27. The van der Waals surface area contributed by atoms with Crippen LogP contribution < -0.4 is 5.32 Å². The van der Waals surface area contributed by atoms with Crippen LogP contribution in [0, 0.1) is 13.8 Å². The van der Waals surface area contributed by atoms with Gasteiger partial charge in [-0.1, -0.05) is 29.8 Å². The van der Waals surface area contributed by atoms with Crippen LogP contribution in [0.15, 0.2) is 36.5 Å². The van der Waals surface area contributed by atoms with Crippen molar-refractivity contribution in [2.45, 2.75) is 26.8 Å². The normalized spacial score (nSPS) is 12.2. The molecule has 0 aliphatic rings. The molecule has 0 saturated carbocycles. The van der Waals surface area contributed by atoms with Crippen LogP contribution in [0.5, 0.6) is 0 Å². The van der Waals surface area contributed by atoms with Crippen molar-refractivity contribution in [3.8, 4) is 11.3 Å². The summed E-state index contributed by atoms with van der Waals surface area (Å²) in [6, 6.07) is 9.68. The van der Waals surface area contributed by atoms with Crippen molar-refractivity contribution in [3.05, 3.63) is 59.0 Å². The molecule has 3 rings (SSSR count). The van der Waals surface area contributed by atoms with Crippen LogP contribution in [0.3, 0.4) is 0 Å². The fourth-order valence-electron chi connectivity index (χ4n) is 2.60. The van der Waals surface area contributed by atoms with Gasteiger partial charge >= 0.3 is 0 Å². The van der Waals surface area contributed by atoms with Crippen LogP contribution in [0.1, 0.15) is 40.3 Å². The molecule has 1 amide bonds. The number of hydrogen-bond acceptors (Lipinski definition) is 3. The summed E-state index contributed by atoms with van der Waals surface area (Å²) >= 11 is 0. The van der Waals surface area contributed by atoms with Gasteiger partial charge in [0.2, 0.25) is 0 Å². The van der Waals surface area contributed by atoms with Gasteiger partial charge in [-0.25, -0.2) is 0 Å². The predicted octanol–water partition coefficient (Wildman–Crippen LogP) is 2.92. The van der Waals surface area contributed by atoms with Gasteiger partial charge in [-0.15, -0.1) is 0 Å². The van der Waals surface area contributed by atoms with Crippen molar-refractivity contribution in [2.24, 2.45) is 7.05 Å². The SMILES string of the molecule is Cc1ccc(-c2cc(C(=O)NC(C)c3cnn(C)c3C)[nH]n2)cc1. The highest BCUT2D eigenvalue weighted by atomic mass is 16.2. The van der Waals surface area contributed by atoms with E-state index < -0.39 is 0 Å². The Labute approximate surface area is 140 Å². The number of nitrogens with one attached hydrogen (secondary N) is 2. The van der Waals surface area contributed by atoms with E-state index in [1.165, 1.54) is 5.56 Å². The smallest absolute Gasteiger partial charge is 0.269 e. The molecule has 24 heavy (non-hydrogen) atoms. The van der Waals surface area contributed by atoms with Gasteiger partial charge in [0.1, 0.15) is 5.69 Å². The fourth-order valence-corrected chi connectivity index (χ4v) is 2.60. The first kappa shape index (κ1) is 16.0. The molecule has 0 radical (unpaired) electrons. The van der Waals surface area contributed by atoms with Crippen molar-refractivity contribution in [1.82, 2.24) is 25.3 Å². The van der Waals surface area contributed by atoms with Crippen molar-refractivity contribution >= 4 is 5.91 Å². The summed E-state index contributed by atoms with van der Waals surface area (Å²) in [4.78, 5) is 12.4. The third-order valence-electron chi connectivity index (χ3n) is 4.26. The number of aryl methyl sites for hydroxylation is 2. The zero-order valence-electron chi connectivity index (χ0n) is 14.3. The first-order chi connectivity index (χ1) is 11.5. The van der Waals surface area contributed by atoms with Crippen LogP contribution in [0.2, 0.25) is 0 Å². The number of aromatic nitrogens is 4. The second kappa shape index (κ2) is 6.31. The Morgan fingerprint density at radius 1 is 1.25 bits per heavy atom. The molecule has 2 N–H and O–H groups in total. The second-order valence-electron chi connectivity index (χ2n) is 6.04. The minimum absolute atomic E-state index is 0.127. The average molecular weight is 323 g/mol. The first-order valence-electron chi connectivity index (χ1n) is 7.87. The Kier molecular flexibility index (Phi) is 4.20. The molecular formula is C18H21N5O. The summed E-state index contributed by atoms with van der Waals surface area (Å²) < 4.78 is 1.80. The summed E-state index contributed by atoms with van der Waals surface area (Å²) in [7, 11) is 1.89. The van der Waals surface area contributed by atoms with Gasteiger partial charge in [-0.2, -0.15) is 10.2 Å². The van der Waals surface area contributed by atoms with Gasteiger partial charge < -0.3 is 5.32 Å². The zero-order valence-corrected chi connectivity index (χ0v) is 14.3. The van der Waals surface area contributed by atoms with Gasteiger partial charge in [0.05, 0.1) is 17.9 Å². The Hall–Kier alpha value is -2.89. The van der Waals surface area contributed by atoms with Crippen molar-refractivity contribution in [1.29, 1.82) is 0 Å². The van der Waals surface area contributed by atoms with E-state index in [0.29, 0.717) is 5.69 Å². The fraction of sp³-hybridized carbons (Fsp3) is 0.278. The quantitative estimate of drug-likeness (QED) is 0.775. The zero-order chi connectivity index (χ0) is 17.3. The number of rotatable bonds is 4. The molecule has 0 bridgehead atoms. The number of carbonyl (C=O) groups excluding carboxylic acids is 1. The molecule has 0 spiro atoms.